The number of carbonyl (C=O) groups is 1. The van der Waals surface area contributed by atoms with Crippen LogP contribution in [0, 0.1) is 0 Å². The Labute approximate surface area is 139 Å². The molecule has 0 saturated heterocycles. The first-order valence-electron chi connectivity index (χ1n) is 8.31. The summed E-state index contributed by atoms with van der Waals surface area (Å²) in [5, 5.41) is 2.90. The SMILES string of the molecule is CCCO[C@@](C)(CC)C(=O)Nc1ccc(OCCOCC)cc1. The number of rotatable bonds is 11. The molecule has 0 spiro atoms. The Balaban J connectivity index is 2.54. The summed E-state index contributed by atoms with van der Waals surface area (Å²) in [4.78, 5) is 12.4. The second-order valence-corrected chi connectivity index (χ2v) is 5.46. The summed E-state index contributed by atoms with van der Waals surface area (Å²) in [5.74, 6) is 0.627. The van der Waals surface area contributed by atoms with Gasteiger partial charge in [-0.3, -0.25) is 4.79 Å². The molecule has 0 radical (unpaired) electrons. The summed E-state index contributed by atoms with van der Waals surface area (Å²) < 4.78 is 16.5. The molecule has 5 heteroatoms. The number of amides is 1. The highest BCUT2D eigenvalue weighted by Crippen LogP contribution is 2.21. The van der Waals surface area contributed by atoms with Crippen LogP contribution in [-0.2, 0) is 14.3 Å². The largest absolute Gasteiger partial charge is 0.491 e. The van der Waals surface area contributed by atoms with Crippen LogP contribution in [0.4, 0.5) is 5.69 Å². The van der Waals surface area contributed by atoms with E-state index < -0.39 is 5.60 Å². The van der Waals surface area contributed by atoms with E-state index in [-0.39, 0.29) is 5.91 Å². The van der Waals surface area contributed by atoms with Gasteiger partial charge in [-0.2, -0.15) is 0 Å². The number of benzene rings is 1. The van der Waals surface area contributed by atoms with Crippen molar-refractivity contribution in [3.05, 3.63) is 24.3 Å². The summed E-state index contributed by atoms with van der Waals surface area (Å²) in [6, 6.07) is 7.31. The molecule has 130 valence electrons. The van der Waals surface area contributed by atoms with Crippen molar-refractivity contribution in [3.63, 3.8) is 0 Å². The van der Waals surface area contributed by atoms with E-state index in [2.05, 4.69) is 5.32 Å². The van der Waals surface area contributed by atoms with Crippen molar-refractivity contribution >= 4 is 11.6 Å². The highest BCUT2D eigenvalue weighted by atomic mass is 16.5. The number of hydrogen-bond acceptors (Lipinski definition) is 4. The predicted molar refractivity (Wildman–Crippen MR) is 92.0 cm³/mol. The van der Waals surface area contributed by atoms with Gasteiger partial charge in [0.2, 0.25) is 0 Å². The molecule has 0 unspecified atom stereocenters. The molecule has 0 heterocycles. The maximum Gasteiger partial charge on any atom is 0.256 e. The summed E-state index contributed by atoms with van der Waals surface area (Å²) in [6.07, 6.45) is 1.51. The van der Waals surface area contributed by atoms with E-state index in [9.17, 15) is 4.79 Å². The van der Waals surface area contributed by atoms with Gasteiger partial charge >= 0.3 is 0 Å². The lowest BCUT2D eigenvalue weighted by Crippen LogP contribution is -2.42. The van der Waals surface area contributed by atoms with E-state index in [0.717, 1.165) is 17.9 Å². The molecule has 0 aromatic heterocycles. The van der Waals surface area contributed by atoms with Crippen LogP contribution in [0.2, 0.25) is 0 Å². The van der Waals surface area contributed by atoms with Gasteiger partial charge in [0.15, 0.2) is 0 Å². The van der Waals surface area contributed by atoms with Gasteiger partial charge < -0.3 is 19.5 Å². The Morgan fingerprint density at radius 1 is 1.09 bits per heavy atom. The first-order chi connectivity index (χ1) is 11.1. The van der Waals surface area contributed by atoms with Crippen LogP contribution in [0.15, 0.2) is 24.3 Å². The zero-order valence-corrected chi connectivity index (χ0v) is 14.7. The fourth-order valence-electron chi connectivity index (χ4n) is 1.92. The highest BCUT2D eigenvalue weighted by molar-refractivity contribution is 5.97. The van der Waals surface area contributed by atoms with Crippen molar-refractivity contribution in [2.45, 2.75) is 46.1 Å². The van der Waals surface area contributed by atoms with Crippen molar-refractivity contribution in [3.8, 4) is 5.75 Å². The predicted octanol–water partition coefficient (Wildman–Crippen LogP) is 3.64. The second kappa shape index (κ2) is 10.2. The fourth-order valence-corrected chi connectivity index (χ4v) is 1.92. The topological polar surface area (TPSA) is 56.8 Å². The number of nitrogens with one attached hydrogen (secondary N) is 1. The molecule has 1 N–H and O–H groups in total. The van der Waals surface area contributed by atoms with Gasteiger partial charge in [-0.05, 0) is 51.0 Å². The van der Waals surface area contributed by atoms with Crippen LogP contribution < -0.4 is 10.1 Å². The van der Waals surface area contributed by atoms with Crippen LogP contribution in [0.1, 0.15) is 40.5 Å². The number of carbonyl (C=O) groups excluding carboxylic acids is 1. The van der Waals surface area contributed by atoms with Crippen molar-refractivity contribution in [2.75, 3.05) is 31.7 Å². The summed E-state index contributed by atoms with van der Waals surface area (Å²) in [6.45, 7) is 10.1. The Kier molecular flexibility index (Phi) is 8.66. The lowest BCUT2D eigenvalue weighted by Gasteiger charge is -2.27. The molecule has 1 aromatic carbocycles. The molecule has 1 aromatic rings. The van der Waals surface area contributed by atoms with Crippen molar-refractivity contribution in [1.29, 1.82) is 0 Å². The van der Waals surface area contributed by atoms with Gasteiger partial charge in [-0.15, -0.1) is 0 Å². The molecule has 5 nitrogen and oxygen atoms in total. The van der Waals surface area contributed by atoms with E-state index >= 15 is 0 Å². The first kappa shape index (κ1) is 19.5. The molecule has 23 heavy (non-hydrogen) atoms. The average Bonchev–Trinajstić information content (AvgIpc) is 2.58. The normalized spacial score (nSPS) is 13.4. The lowest BCUT2D eigenvalue weighted by atomic mass is 10.0. The van der Waals surface area contributed by atoms with Crippen LogP contribution in [0.3, 0.4) is 0 Å². The minimum absolute atomic E-state index is 0.126. The van der Waals surface area contributed by atoms with Gasteiger partial charge in [0.1, 0.15) is 18.0 Å². The summed E-state index contributed by atoms with van der Waals surface area (Å²) in [5.41, 5.74) is -0.0743. The molecule has 0 bridgehead atoms. The Morgan fingerprint density at radius 2 is 1.78 bits per heavy atom. The minimum atomic E-state index is -0.803. The molecular weight excluding hydrogens is 294 g/mol. The second-order valence-electron chi connectivity index (χ2n) is 5.46. The van der Waals surface area contributed by atoms with Crippen LogP contribution in [0.25, 0.3) is 0 Å². The van der Waals surface area contributed by atoms with Crippen molar-refractivity contribution in [1.82, 2.24) is 0 Å². The smallest absolute Gasteiger partial charge is 0.256 e. The van der Waals surface area contributed by atoms with E-state index in [4.69, 9.17) is 14.2 Å². The Morgan fingerprint density at radius 3 is 2.35 bits per heavy atom. The maximum absolute atomic E-state index is 12.4. The lowest BCUT2D eigenvalue weighted by molar-refractivity contribution is -0.139. The van der Waals surface area contributed by atoms with E-state index in [1.165, 1.54) is 0 Å². The number of hydrogen-bond donors (Lipinski definition) is 1. The van der Waals surface area contributed by atoms with Gasteiger partial charge in [-0.1, -0.05) is 13.8 Å². The monoisotopic (exact) mass is 323 g/mol. The van der Waals surface area contributed by atoms with Crippen LogP contribution in [0.5, 0.6) is 5.75 Å². The maximum atomic E-state index is 12.4. The quantitative estimate of drug-likeness (QED) is 0.632. The zero-order valence-electron chi connectivity index (χ0n) is 14.7. The van der Waals surface area contributed by atoms with Crippen LogP contribution >= 0.6 is 0 Å². The third kappa shape index (κ3) is 6.59. The fraction of sp³-hybridized carbons (Fsp3) is 0.611. The van der Waals surface area contributed by atoms with E-state index in [0.29, 0.717) is 32.8 Å². The third-order valence-electron chi connectivity index (χ3n) is 3.59. The van der Waals surface area contributed by atoms with E-state index in [1.54, 1.807) is 0 Å². The molecule has 1 atom stereocenters. The van der Waals surface area contributed by atoms with Crippen molar-refractivity contribution in [2.24, 2.45) is 0 Å². The molecule has 0 saturated carbocycles. The summed E-state index contributed by atoms with van der Waals surface area (Å²) >= 11 is 0. The van der Waals surface area contributed by atoms with Gasteiger partial charge in [0, 0.05) is 18.9 Å². The molecule has 1 amide bonds. The molecule has 0 aliphatic heterocycles. The zero-order chi connectivity index (χ0) is 17.1. The average molecular weight is 323 g/mol. The third-order valence-corrected chi connectivity index (χ3v) is 3.59. The number of ether oxygens (including phenoxy) is 3. The first-order valence-corrected chi connectivity index (χ1v) is 8.31. The molecule has 0 aliphatic rings. The van der Waals surface area contributed by atoms with E-state index in [1.807, 2.05) is 52.0 Å². The van der Waals surface area contributed by atoms with Gasteiger partial charge in [-0.25, -0.2) is 0 Å². The van der Waals surface area contributed by atoms with Gasteiger partial charge in [0.25, 0.3) is 5.91 Å². The number of anilines is 1. The summed E-state index contributed by atoms with van der Waals surface area (Å²) in [7, 11) is 0. The Bertz CT molecular complexity index is 461. The highest BCUT2D eigenvalue weighted by Gasteiger charge is 2.32. The standard InChI is InChI=1S/C18H29NO4/c1-5-12-23-18(4,6-2)17(20)19-15-8-10-16(11-9-15)22-14-13-21-7-3/h8-11H,5-7,12-14H2,1-4H3,(H,19,20)/t18-/m0/s1. The van der Waals surface area contributed by atoms with Crippen molar-refractivity contribution < 1.29 is 19.0 Å². The molecule has 0 fully saturated rings. The molecule has 0 aliphatic carbocycles. The molecule has 1 rings (SSSR count). The molecular formula is C18H29NO4. The minimum Gasteiger partial charge on any atom is -0.491 e. The Hall–Kier alpha value is -1.59. The van der Waals surface area contributed by atoms with Gasteiger partial charge in [0.05, 0.1) is 6.61 Å². The van der Waals surface area contributed by atoms with Crippen LogP contribution in [-0.4, -0.2) is 37.9 Å².